The van der Waals surface area contributed by atoms with Gasteiger partial charge in [0.05, 0.1) is 16.9 Å². The van der Waals surface area contributed by atoms with Gasteiger partial charge in [-0.15, -0.1) is 11.8 Å². The zero-order chi connectivity index (χ0) is 30.1. The third kappa shape index (κ3) is 7.66. The fraction of sp³-hybridized carbons (Fsp3) is 0.167. The lowest BCUT2D eigenvalue weighted by Gasteiger charge is -2.12. The van der Waals surface area contributed by atoms with Crippen LogP contribution in [0.15, 0.2) is 101 Å². The van der Waals surface area contributed by atoms with Gasteiger partial charge < -0.3 is 15.2 Å². The maximum absolute atomic E-state index is 13.0. The molecular weight excluding hydrogens is 578 g/mol. The lowest BCUT2D eigenvalue weighted by molar-refractivity contribution is -0.384. The molecule has 4 aromatic carbocycles. The number of ether oxygens (including phenoxy) is 1. The average Bonchev–Trinajstić information content (AvgIpc) is 2.99. The topological polar surface area (TPSA) is 148 Å². The monoisotopic (exact) mass is 607 g/mol. The molecule has 0 aliphatic rings. The molecule has 0 fully saturated rings. The first-order valence-electron chi connectivity index (χ1n) is 12.9. The molecule has 3 N–H and O–H groups in total. The zero-order valence-electron chi connectivity index (χ0n) is 22.6. The van der Waals surface area contributed by atoms with Gasteiger partial charge in [-0.25, -0.2) is 13.1 Å². The van der Waals surface area contributed by atoms with Crippen molar-refractivity contribution in [2.75, 3.05) is 31.3 Å². The Morgan fingerprint density at radius 3 is 2.40 bits per heavy atom. The number of benzene rings is 4. The number of sulfonamides is 1. The number of aliphatic hydroxyl groups excluding tert-OH is 1. The molecule has 0 aromatic heterocycles. The van der Waals surface area contributed by atoms with Crippen molar-refractivity contribution in [1.29, 1.82) is 0 Å². The largest absolute Gasteiger partial charge is 0.496 e. The first-order valence-corrected chi connectivity index (χ1v) is 15.3. The summed E-state index contributed by atoms with van der Waals surface area (Å²) in [5.41, 5.74) is 2.25. The Balaban J connectivity index is 1.44. The molecule has 0 spiro atoms. The van der Waals surface area contributed by atoms with Crippen LogP contribution in [0, 0.1) is 10.1 Å². The van der Waals surface area contributed by atoms with Crippen molar-refractivity contribution < 1.29 is 28.0 Å². The van der Waals surface area contributed by atoms with Gasteiger partial charge in [0, 0.05) is 41.0 Å². The van der Waals surface area contributed by atoms with Crippen LogP contribution in [-0.4, -0.2) is 50.4 Å². The van der Waals surface area contributed by atoms with E-state index in [4.69, 9.17) is 4.74 Å². The van der Waals surface area contributed by atoms with Gasteiger partial charge in [0.2, 0.25) is 0 Å². The minimum absolute atomic E-state index is 0.0119. The van der Waals surface area contributed by atoms with Gasteiger partial charge in [0.15, 0.2) is 0 Å². The number of nitrogens with zero attached hydrogens (tertiary/aromatic N) is 1. The van der Waals surface area contributed by atoms with Crippen molar-refractivity contribution in [2.45, 2.75) is 16.2 Å². The number of aliphatic hydroxyl groups is 1. The Labute approximate surface area is 247 Å². The molecule has 218 valence electrons. The van der Waals surface area contributed by atoms with Crippen molar-refractivity contribution in [3.8, 4) is 16.9 Å². The Hall–Kier alpha value is -4.39. The van der Waals surface area contributed by atoms with Crippen molar-refractivity contribution in [2.24, 2.45) is 0 Å². The van der Waals surface area contributed by atoms with Gasteiger partial charge in [-0.2, -0.15) is 0 Å². The molecule has 0 heterocycles. The number of nitrogens with one attached hydrogen (secondary N) is 2. The quantitative estimate of drug-likeness (QED) is 0.0814. The molecule has 0 atom stereocenters. The summed E-state index contributed by atoms with van der Waals surface area (Å²) >= 11 is 1.58. The van der Waals surface area contributed by atoms with E-state index in [0.717, 1.165) is 27.7 Å². The molecule has 0 aliphatic heterocycles. The molecule has 0 radical (unpaired) electrons. The molecule has 0 saturated heterocycles. The number of hydrogen-bond donors (Lipinski definition) is 3. The Bertz CT molecular complexity index is 1660. The van der Waals surface area contributed by atoms with E-state index in [2.05, 4.69) is 5.32 Å². The van der Waals surface area contributed by atoms with Crippen molar-refractivity contribution in [1.82, 2.24) is 4.72 Å². The van der Waals surface area contributed by atoms with Gasteiger partial charge in [-0.1, -0.05) is 42.5 Å². The predicted octanol–water partition coefficient (Wildman–Crippen LogP) is 5.13. The van der Waals surface area contributed by atoms with Crippen LogP contribution in [0.1, 0.15) is 15.9 Å². The number of amides is 1. The van der Waals surface area contributed by atoms with Crippen molar-refractivity contribution in [3.63, 3.8) is 0 Å². The van der Waals surface area contributed by atoms with E-state index in [9.17, 15) is 28.4 Å². The standard InChI is InChI=1S/C30H29N3O7S2/c1-40-29-19-21(15-17-34)7-13-26(29)22-8-10-23(11-9-22)30(35)32-42(38,39)25-12-14-27(28(20-25)33(36)37)31-16-18-41-24-5-3-2-4-6-24/h2-14,19-20,31,34H,15-18H2,1H3,(H,32,35). The summed E-state index contributed by atoms with van der Waals surface area (Å²) in [5, 5.41) is 23.9. The van der Waals surface area contributed by atoms with Crippen LogP contribution in [0.2, 0.25) is 0 Å². The second-order valence-electron chi connectivity index (χ2n) is 9.04. The van der Waals surface area contributed by atoms with Crippen LogP contribution >= 0.6 is 11.8 Å². The predicted molar refractivity (Wildman–Crippen MR) is 163 cm³/mol. The third-order valence-corrected chi connectivity index (χ3v) is 8.60. The number of rotatable bonds is 13. The maximum Gasteiger partial charge on any atom is 0.293 e. The Morgan fingerprint density at radius 2 is 1.74 bits per heavy atom. The molecule has 0 saturated carbocycles. The van der Waals surface area contributed by atoms with E-state index >= 15 is 0 Å². The molecule has 1 amide bonds. The van der Waals surface area contributed by atoms with Gasteiger partial charge in [0.1, 0.15) is 11.4 Å². The zero-order valence-corrected chi connectivity index (χ0v) is 24.3. The van der Waals surface area contributed by atoms with E-state index in [1.54, 1.807) is 23.9 Å². The Kier molecular flexibility index (Phi) is 10.2. The van der Waals surface area contributed by atoms with Gasteiger partial charge in [-0.3, -0.25) is 14.9 Å². The highest BCUT2D eigenvalue weighted by atomic mass is 32.2. The SMILES string of the molecule is COc1cc(CCO)ccc1-c1ccc(C(=O)NS(=O)(=O)c2ccc(NCCSc3ccccc3)c([N+](=O)[O-])c2)cc1. The van der Waals surface area contributed by atoms with Crippen LogP contribution in [0.25, 0.3) is 11.1 Å². The summed E-state index contributed by atoms with van der Waals surface area (Å²) in [7, 11) is -2.87. The first-order chi connectivity index (χ1) is 20.2. The van der Waals surface area contributed by atoms with Gasteiger partial charge >= 0.3 is 0 Å². The highest BCUT2D eigenvalue weighted by Gasteiger charge is 2.24. The van der Waals surface area contributed by atoms with Gasteiger partial charge in [0.25, 0.3) is 21.6 Å². The number of nitro benzene ring substituents is 1. The van der Waals surface area contributed by atoms with Crippen molar-refractivity contribution >= 4 is 39.1 Å². The fourth-order valence-electron chi connectivity index (χ4n) is 4.15. The second kappa shape index (κ2) is 14.0. The van der Waals surface area contributed by atoms with Crippen molar-refractivity contribution in [3.05, 3.63) is 112 Å². The minimum atomic E-state index is -4.40. The summed E-state index contributed by atoms with van der Waals surface area (Å²) in [5.74, 6) is 0.350. The normalized spacial score (nSPS) is 11.1. The van der Waals surface area contributed by atoms with Crippen LogP contribution in [-0.2, 0) is 16.4 Å². The van der Waals surface area contributed by atoms with Crippen LogP contribution in [0.4, 0.5) is 11.4 Å². The summed E-state index contributed by atoms with van der Waals surface area (Å²) in [6.07, 6.45) is 0.487. The lowest BCUT2D eigenvalue weighted by Crippen LogP contribution is -2.30. The molecule has 0 unspecified atom stereocenters. The summed E-state index contributed by atoms with van der Waals surface area (Å²) in [6.45, 7) is 0.427. The molecule has 0 aliphatic carbocycles. The molecular formula is C30H29N3O7S2. The summed E-state index contributed by atoms with van der Waals surface area (Å²) in [4.78, 5) is 24.5. The van der Waals surface area contributed by atoms with Crippen LogP contribution in [0.3, 0.4) is 0 Å². The highest BCUT2D eigenvalue weighted by Crippen LogP contribution is 2.32. The number of thioether (sulfide) groups is 1. The van der Waals surface area contributed by atoms with E-state index < -0.39 is 31.4 Å². The molecule has 0 bridgehead atoms. The minimum Gasteiger partial charge on any atom is -0.496 e. The van der Waals surface area contributed by atoms with E-state index in [-0.39, 0.29) is 17.9 Å². The van der Waals surface area contributed by atoms with Crippen LogP contribution in [0.5, 0.6) is 5.75 Å². The number of carbonyl (C=O) groups is 1. The van der Waals surface area contributed by atoms with E-state index in [1.165, 1.54) is 31.4 Å². The molecule has 42 heavy (non-hydrogen) atoms. The smallest absolute Gasteiger partial charge is 0.293 e. The second-order valence-corrected chi connectivity index (χ2v) is 11.9. The number of anilines is 1. The molecule has 10 nitrogen and oxygen atoms in total. The van der Waals surface area contributed by atoms with E-state index in [1.807, 2.05) is 53.3 Å². The maximum atomic E-state index is 13.0. The molecule has 4 aromatic rings. The number of methoxy groups -OCH3 is 1. The first kappa shape index (κ1) is 30.6. The van der Waals surface area contributed by atoms with Gasteiger partial charge in [-0.05, 0) is 60.0 Å². The average molecular weight is 608 g/mol. The molecule has 4 rings (SSSR count). The number of hydrogen-bond acceptors (Lipinski definition) is 9. The van der Waals surface area contributed by atoms with Crippen LogP contribution < -0.4 is 14.8 Å². The summed E-state index contributed by atoms with van der Waals surface area (Å²) in [6, 6.07) is 25.0. The number of nitro groups is 1. The fourth-order valence-corrected chi connectivity index (χ4v) is 5.93. The summed E-state index contributed by atoms with van der Waals surface area (Å²) < 4.78 is 33.4. The van der Waals surface area contributed by atoms with E-state index in [0.29, 0.717) is 24.5 Å². The highest BCUT2D eigenvalue weighted by molar-refractivity contribution is 7.99. The molecule has 12 heteroatoms. The third-order valence-electron chi connectivity index (χ3n) is 6.26. The lowest BCUT2D eigenvalue weighted by atomic mass is 10.0. The number of carbonyl (C=O) groups excluding carboxylic acids is 1. The Morgan fingerprint density at radius 1 is 1.00 bits per heavy atom.